The molecular weight excluding hydrogens is 416 g/mol. The molecule has 178 valence electrons. The molecule has 0 saturated heterocycles. The van der Waals surface area contributed by atoms with E-state index in [2.05, 4.69) is 17.1 Å². The van der Waals surface area contributed by atoms with E-state index in [1.54, 1.807) is 12.3 Å². The van der Waals surface area contributed by atoms with Gasteiger partial charge >= 0.3 is 0 Å². The van der Waals surface area contributed by atoms with Crippen molar-refractivity contribution < 1.29 is 14.3 Å². The second-order valence-electron chi connectivity index (χ2n) is 9.18. The molecule has 2 aromatic rings. The van der Waals surface area contributed by atoms with Crippen LogP contribution in [0.15, 0.2) is 36.5 Å². The number of ether oxygens (including phenoxy) is 1. The smallest absolute Gasteiger partial charge is 0.272 e. The number of H-pyrrole nitrogens is 1. The van der Waals surface area contributed by atoms with Crippen LogP contribution < -0.4 is 4.74 Å². The van der Waals surface area contributed by atoms with Gasteiger partial charge in [0.05, 0.1) is 11.6 Å². The molecule has 0 radical (unpaired) electrons. The normalized spacial score (nSPS) is 22.6. The molecule has 33 heavy (non-hydrogen) atoms. The number of aromatic nitrogens is 2. The first kappa shape index (κ1) is 23.3. The van der Waals surface area contributed by atoms with Gasteiger partial charge in [0.15, 0.2) is 0 Å². The molecule has 1 aliphatic carbocycles. The van der Waals surface area contributed by atoms with Gasteiger partial charge < -0.3 is 14.5 Å². The Labute approximate surface area is 196 Å². The molecule has 0 unspecified atom stereocenters. The second kappa shape index (κ2) is 11.3. The fraction of sp³-hybridized carbons (Fsp3) is 0.577. The lowest BCUT2D eigenvalue weighted by Gasteiger charge is -2.40. The summed E-state index contributed by atoms with van der Waals surface area (Å²) in [6, 6.07) is 9.31. The van der Waals surface area contributed by atoms with Crippen molar-refractivity contribution in [2.75, 3.05) is 19.6 Å². The maximum atomic E-state index is 13.5. The number of carbonyl (C=O) groups is 2. The number of para-hydroxylation sites is 1. The molecule has 1 aliphatic heterocycles. The Kier molecular flexibility index (Phi) is 8.02. The van der Waals surface area contributed by atoms with Crippen LogP contribution in [0.5, 0.6) is 5.75 Å². The van der Waals surface area contributed by atoms with Crippen LogP contribution in [0.4, 0.5) is 0 Å². The fourth-order valence-electron chi connectivity index (χ4n) is 5.12. The number of carbonyl (C=O) groups excluding carboxylic acids is 2. The number of nitrogens with one attached hydrogen (secondary N) is 1. The number of fused-ring (bicyclic) bond motifs is 2. The average molecular weight is 453 g/mol. The number of hydrogen-bond donors (Lipinski definition) is 1. The summed E-state index contributed by atoms with van der Waals surface area (Å²) in [5.74, 6) is 0.660. The van der Waals surface area contributed by atoms with Crippen molar-refractivity contribution in [3.05, 3.63) is 47.8 Å². The molecule has 7 heteroatoms. The van der Waals surface area contributed by atoms with Gasteiger partial charge in [-0.3, -0.25) is 14.7 Å². The van der Waals surface area contributed by atoms with E-state index in [9.17, 15) is 9.59 Å². The van der Waals surface area contributed by atoms with Gasteiger partial charge in [0.2, 0.25) is 0 Å². The third-order valence-electron chi connectivity index (χ3n) is 6.81. The van der Waals surface area contributed by atoms with Crippen LogP contribution >= 0.6 is 0 Å². The van der Waals surface area contributed by atoms with Gasteiger partial charge in [-0.05, 0) is 56.7 Å². The van der Waals surface area contributed by atoms with Crippen LogP contribution in [-0.4, -0.2) is 63.6 Å². The number of nitrogens with zero attached hydrogens (tertiary/aromatic N) is 3. The van der Waals surface area contributed by atoms with E-state index < -0.39 is 0 Å². The highest BCUT2D eigenvalue weighted by molar-refractivity contribution is 5.97. The summed E-state index contributed by atoms with van der Waals surface area (Å²) in [6.45, 7) is 4.33. The molecule has 4 rings (SSSR count). The lowest BCUT2D eigenvalue weighted by atomic mass is 9.90. The molecule has 0 spiro atoms. The number of benzene rings is 1. The van der Waals surface area contributed by atoms with Crippen molar-refractivity contribution >= 4 is 11.8 Å². The van der Waals surface area contributed by atoms with Crippen LogP contribution in [-0.2, 0) is 0 Å². The van der Waals surface area contributed by atoms with Gasteiger partial charge in [-0.25, -0.2) is 0 Å². The fourth-order valence-corrected chi connectivity index (χ4v) is 5.12. The minimum absolute atomic E-state index is 0.0152. The average Bonchev–Trinajstić information content (AvgIpc) is 3.38. The molecule has 7 nitrogen and oxygen atoms in total. The van der Waals surface area contributed by atoms with Crippen LogP contribution in [0.3, 0.4) is 0 Å². The zero-order chi connectivity index (χ0) is 23.0. The summed E-state index contributed by atoms with van der Waals surface area (Å²) in [5, 5.41) is 6.82. The van der Waals surface area contributed by atoms with E-state index in [-0.39, 0.29) is 24.0 Å². The van der Waals surface area contributed by atoms with E-state index in [4.69, 9.17) is 4.74 Å². The van der Waals surface area contributed by atoms with Crippen LogP contribution in [0.25, 0.3) is 0 Å². The molecule has 2 amide bonds. The number of hydrogen-bond acceptors (Lipinski definition) is 4. The molecule has 1 saturated carbocycles. The standard InChI is InChI=1S/C26H36N4O3/c1-2-17-29-18-9-3-4-10-19-30(26(32)21-15-16-27-28-21)22-12-6-8-14-24(22)33-23-13-7-5-11-20(23)25(29)31/h5,7,11,13,15-16,22,24H,2-4,6,8-10,12,14,17-19H2,1H3,(H,27,28)/t22-,24+/m1/s1. The van der Waals surface area contributed by atoms with E-state index in [0.29, 0.717) is 23.6 Å². The monoisotopic (exact) mass is 452 g/mol. The summed E-state index contributed by atoms with van der Waals surface area (Å²) >= 11 is 0. The molecule has 0 bridgehead atoms. The van der Waals surface area contributed by atoms with E-state index in [1.807, 2.05) is 34.1 Å². The van der Waals surface area contributed by atoms with Gasteiger partial charge in [0, 0.05) is 25.8 Å². The Morgan fingerprint density at radius 2 is 1.85 bits per heavy atom. The van der Waals surface area contributed by atoms with E-state index in [1.165, 1.54) is 0 Å². The van der Waals surface area contributed by atoms with Gasteiger partial charge in [0.25, 0.3) is 11.8 Å². The van der Waals surface area contributed by atoms with Crippen LogP contribution in [0, 0.1) is 0 Å². The highest BCUT2D eigenvalue weighted by Gasteiger charge is 2.36. The van der Waals surface area contributed by atoms with Gasteiger partial charge in [-0.15, -0.1) is 0 Å². The number of rotatable bonds is 3. The molecule has 1 aromatic carbocycles. The lowest BCUT2D eigenvalue weighted by Crippen LogP contribution is -2.51. The third kappa shape index (κ3) is 5.57. The van der Waals surface area contributed by atoms with Crippen LogP contribution in [0.2, 0.25) is 0 Å². The largest absolute Gasteiger partial charge is 0.487 e. The topological polar surface area (TPSA) is 78.5 Å². The summed E-state index contributed by atoms with van der Waals surface area (Å²) in [6.07, 6.45) is 10.3. The Morgan fingerprint density at radius 3 is 2.64 bits per heavy atom. The number of aromatic amines is 1. The molecule has 1 aromatic heterocycles. The minimum Gasteiger partial charge on any atom is -0.487 e. The summed E-state index contributed by atoms with van der Waals surface area (Å²) in [4.78, 5) is 30.8. The molecule has 1 N–H and O–H groups in total. The van der Waals surface area contributed by atoms with Gasteiger partial charge in [0.1, 0.15) is 17.5 Å². The van der Waals surface area contributed by atoms with E-state index in [0.717, 1.165) is 70.9 Å². The molecule has 2 heterocycles. The predicted octanol–water partition coefficient (Wildman–Crippen LogP) is 4.67. The summed E-state index contributed by atoms with van der Waals surface area (Å²) < 4.78 is 6.57. The minimum atomic E-state index is -0.137. The first-order valence-electron chi connectivity index (χ1n) is 12.5. The summed E-state index contributed by atoms with van der Waals surface area (Å²) in [5.41, 5.74) is 1.14. The first-order chi connectivity index (χ1) is 16.2. The molecule has 2 aliphatic rings. The lowest BCUT2D eigenvalue weighted by molar-refractivity contribution is 0.0262. The quantitative estimate of drug-likeness (QED) is 0.734. The van der Waals surface area contributed by atoms with Crippen molar-refractivity contribution in [2.45, 2.75) is 76.9 Å². The SMILES string of the molecule is CCCN1CCCCCCN(C(=O)c2ccn[nH]2)[C@@H]2CCCC[C@@H]2Oc2ccccc2C1=O. The van der Waals surface area contributed by atoms with Crippen molar-refractivity contribution in [1.82, 2.24) is 20.0 Å². The van der Waals surface area contributed by atoms with Crippen molar-refractivity contribution in [2.24, 2.45) is 0 Å². The van der Waals surface area contributed by atoms with Crippen LogP contribution in [0.1, 0.15) is 85.6 Å². The van der Waals surface area contributed by atoms with Crippen molar-refractivity contribution in [1.29, 1.82) is 0 Å². The van der Waals surface area contributed by atoms with E-state index >= 15 is 0 Å². The Hall–Kier alpha value is -2.83. The Morgan fingerprint density at radius 1 is 1.06 bits per heavy atom. The summed E-state index contributed by atoms with van der Waals surface area (Å²) in [7, 11) is 0. The zero-order valence-electron chi connectivity index (χ0n) is 19.7. The molecule has 2 atom stereocenters. The number of amides is 2. The molecule has 1 fully saturated rings. The maximum Gasteiger partial charge on any atom is 0.272 e. The predicted molar refractivity (Wildman–Crippen MR) is 127 cm³/mol. The maximum absolute atomic E-state index is 13.5. The zero-order valence-corrected chi connectivity index (χ0v) is 19.7. The highest BCUT2D eigenvalue weighted by Crippen LogP contribution is 2.31. The third-order valence-corrected chi connectivity index (χ3v) is 6.81. The first-order valence-corrected chi connectivity index (χ1v) is 12.5. The highest BCUT2D eigenvalue weighted by atomic mass is 16.5. The molecular formula is C26H36N4O3. The Balaban J connectivity index is 1.66. The van der Waals surface area contributed by atoms with Gasteiger partial charge in [-0.1, -0.05) is 38.3 Å². The van der Waals surface area contributed by atoms with Crippen molar-refractivity contribution in [3.8, 4) is 5.75 Å². The van der Waals surface area contributed by atoms with Gasteiger partial charge in [-0.2, -0.15) is 5.10 Å². The van der Waals surface area contributed by atoms with Crippen molar-refractivity contribution in [3.63, 3.8) is 0 Å². The second-order valence-corrected chi connectivity index (χ2v) is 9.18. The Bertz CT molecular complexity index is 914.